The smallest absolute Gasteiger partial charge is 0.276 e. The van der Waals surface area contributed by atoms with Gasteiger partial charge in [0.2, 0.25) is 0 Å². The van der Waals surface area contributed by atoms with Gasteiger partial charge in [-0.1, -0.05) is 24.3 Å². The fourth-order valence-electron chi connectivity index (χ4n) is 3.45. The summed E-state index contributed by atoms with van der Waals surface area (Å²) < 4.78 is 7.24. The second-order valence-electron chi connectivity index (χ2n) is 6.99. The van der Waals surface area contributed by atoms with E-state index in [2.05, 4.69) is 21.4 Å². The van der Waals surface area contributed by atoms with Gasteiger partial charge in [-0.2, -0.15) is 5.10 Å². The third-order valence-electron chi connectivity index (χ3n) is 4.87. The second kappa shape index (κ2) is 7.86. The molecule has 0 saturated carbocycles. The van der Waals surface area contributed by atoms with Crippen molar-refractivity contribution in [2.24, 2.45) is 0 Å². The number of nitrogens with zero attached hydrogens (tertiary/aromatic N) is 3. The summed E-state index contributed by atoms with van der Waals surface area (Å²) in [6.45, 7) is 7.01. The van der Waals surface area contributed by atoms with Crippen LogP contribution in [0.25, 0.3) is 5.69 Å². The number of aryl methyl sites for hydroxylation is 2. The maximum atomic E-state index is 12.9. The van der Waals surface area contributed by atoms with Gasteiger partial charge in [0.05, 0.1) is 30.3 Å². The number of aromatic nitrogens is 2. The number of hydrogen-bond acceptors (Lipinski definition) is 4. The minimum atomic E-state index is -0.213. The molecule has 28 heavy (non-hydrogen) atoms. The highest BCUT2D eigenvalue weighted by Crippen LogP contribution is 2.27. The molecule has 1 N–H and O–H groups in total. The minimum absolute atomic E-state index is 0.213. The number of para-hydroxylation sites is 2. The van der Waals surface area contributed by atoms with Crippen LogP contribution < -0.4 is 10.2 Å². The lowest BCUT2D eigenvalue weighted by molar-refractivity contribution is 0.102. The SMILES string of the molecule is Cc1cccc(-n2nc(C(=O)Nc3ccccc3N3CCOCC3)cc2C)c1. The van der Waals surface area contributed by atoms with Crippen molar-refractivity contribution in [1.29, 1.82) is 0 Å². The van der Waals surface area contributed by atoms with E-state index < -0.39 is 0 Å². The number of nitrogens with one attached hydrogen (secondary N) is 1. The molecule has 6 heteroatoms. The third-order valence-corrected chi connectivity index (χ3v) is 4.87. The molecule has 1 amide bonds. The molecule has 2 aromatic carbocycles. The van der Waals surface area contributed by atoms with Gasteiger partial charge in [0, 0.05) is 18.8 Å². The van der Waals surface area contributed by atoms with Gasteiger partial charge in [0.15, 0.2) is 5.69 Å². The van der Waals surface area contributed by atoms with Crippen molar-refractivity contribution in [1.82, 2.24) is 9.78 Å². The molecular formula is C22H24N4O2. The van der Waals surface area contributed by atoms with E-state index in [0.29, 0.717) is 18.9 Å². The normalized spacial score (nSPS) is 14.1. The summed E-state index contributed by atoms with van der Waals surface area (Å²) in [6, 6.07) is 17.7. The number of carbonyl (C=O) groups excluding carboxylic acids is 1. The number of benzene rings is 2. The summed E-state index contributed by atoms with van der Waals surface area (Å²) in [6.07, 6.45) is 0. The maximum Gasteiger partial charge on any atom is 0.276 e. The van der Waals surface area contributed by atoms with E-state index in [1.165, 1.54) is 0 Å². The van der Waals surface area contributed by atoms with Crippen molar-refractivity contribution in [3.8, 4) is 5.69 Å². The zero-order chi connectivity index (χ0) is 19.5. The summed E-state index contributed by atoms with van der Waals surface area (Å²) in [5.74, 6) is -0.213. The molecule has 3 aromatic rings. The molecular weight excluding hydrogens is 352 g/mol. The van der Waals surface area contributed by atoms with E-state index >= 15 is 0 Å². The monoisotopic (exact) mass is 376 g/mol. The van der Waals surface area contributed by atoms with Gasteiger partial charge in [-0.15, -0.1) is 0 Å². The molecule has 0 spiro atoms. The number of morpholine rings is 1. The van der Waals surface area contributed by atoms with Crippen LogP contribution in [0.15, 0.2) is 54.6 Å². The highest BCUT2D eigenvalue weighted by atomic mass is 16.5. The molecule has 2 heterocycles. The van der Waals surface area contributed by atoms with Gasteiger partial charge in [0.1, 0.15) is 0 Å². The second-order valence-corrected chi connectivity index (χ2v) is 6.99. The van der Waals surface area contributed by atoms with E-state index in [1.54, 1.807) is 4.68 Å². The molecule has 0 bridgehead atoms. The summed E-state index contributed by atoms with van der Waals surface area (Å²) in [5, 5.41) is 7.56. The van der Waals surface area contributed by atoms with Crippen molar-refractivity contribution in [2.45, 2.75) is 13.8 Å². The first kappa shape index (κ1) is 18.3. The quantitative estimate of drug-likeness (QED) is 0.756. The lowest BCUT2D eigenvalue weighted by Gasteiger charge is -2.30. The van der Waals surface area contributed by atoms with Gasteiger partial charge in [-0.05, 0) is 49.7 Å². The average molecular weight is 376 g/mol. The third kappa shape index (κ3) is 3.77. The van der Waals surface area contributed by atoms with Crippen LogP contribution in [0, 0.1) is 13.8 Å². The van der Waals surface area contributed by atoms with Gasteiger partial charge < -0.3 is 15.0 Å². The van der Waals surface area contributed by atoms with Crippen LogP contribution in [0.2, 0.25) is 0 Å². The van der Waals surface area contributed by atoms with E-state index in [1.807, 2.05) is 62.4 Å². The highest BCUT2D eigenvalue weighted by Gasteiger charge is 2.18. The molecule has 0 radical (unpaired) electrons. The van der Waals surface area contributed by atoms with Crippen LogP contribution >= 0.6 is 0 Å². The van der Waals surface area contributed by atoms with Crippen molar-refractivity contribution in [2.75, 3.05) is 36.5 Å². The molecule has 1 fully saturated rings. The van der Waals surface area contributed by atoms with Gasteiger partial charge in [-0.25, -0.2) is 4.68 Å². The van der Waals surface area contributed by atoms with Crippen molar-refractivity contribution >= 4 is 17.3 Å². The predicted molar refractivity (Wildman–Crippen MR) is 110 cm³/mol. The molecule has 1 aliphatic rings. The molecule has 0 atom stereocenters. The topological polar surface area (TPSA) is 59.4 Å². The van der Waals surface area contributed by atoms with Crippen molar-refractivity contribution < 1.29 is 9.53 Å². The van der Waals surface area contributed by atoms with E-state index in [4.69, 9.17) is 4.74 Å². The van der Waals surface area contributed by atoms with Crippen LogP contribution in [-0.2, 0) is 4.74 Å². The van der Waals surface area contributed by atoms with Gasteiger partial charge in [-0.3, -0.25) is 4.79 Å². The Hall–Kier alpha value is -3.12. The Balaban J connectivity index is 1.57. The van der Waals surface area contributed by atoms with Crippen molar-refractivity contribution in [3.05, 3.63) is 71.5 Å². The Morgan fingerprint density at radius 1 is 1.04 bits per heavy atom. The first-order valence-electron chi connectivity index (χ1n) is 9.48. The number of amides is 1. The van der Waals surface area contributed by atoms with Crippen LogP contribution in [0.3, 0.4) is 0 Å². The standard InChI is InChI=1S/C22H24N4O2/c1-16-6-5-7-18(14-16)26-17(2)15-20(24-26)22(27)23-19-8-3-4-9-21(19)25-10-12-28-13-11-25/h3-9,14-15H,10-13H2,1-2H3,(H,23,27). The molecule has 1 saturated heterocycles. The van der Waals surface area contributed by atoms with E-state index in [-0.39, 0.29) is 5.91 Å². The molecule has 0 unspecified atom stereocenters. The maximum absolute atomic E-state index is 12.9. The van der Waals surface area contributed by atoms with Crippen LogP contribution in [0.4, 0.5) is 11.4 Å². The Bertz CT molecular complexity index is 990. The van der Waals surface area contributed by atoms with E-state index in [9.17, 15) is 4.79 Å². The Labute approximate surface area is 164 Å². The van der Waals surface area contributed by atoms with E-state index in [0.717, 1.165) is 41.4 Å². The van der Waals surface area contributed by atoms with Gasteiger partial charge >= 0.3 is 0 Å². The fraction of sp³-hybridized carbons (Fsp3) is 0.273. The van der Waals surface area contributed by atoms with Gasteiger partial charge in [0.25, 0.3) is 5.91 Å². The number of carbonyl (C=O) groups is 1. The van der Waals surface area contributed by atoms with Crippen LogP contribution in [0.1, 0.15) is 21.7 Å². The average Bonchev–Trinajstić information content (AvgIpc) is 3.11. The summed E-state index contributed by atoms with van der Waals surface area (Å²) in [7, 11) is 0. The lowest BCUT2D eigenvalue weighted by Crippen LogP contribution is -2.36. The Morgan fingerprint density at radius 2 is 1.82 bits per heavy atom. The number of hydrogen-bond donors (Lipinski definition) is 1. The predicted octanol–water partition coefficient (Wildman–Crippen LogP) is 3.58. The lowest BCUT2D eigenvalue weighted by atomic mass is 10.2. The Kier molecular flexibility index (Phi) is 5.12. The Morgan fingerprint density at radius 3 is 2.61 bits per heavy atom. The molecule has 0 aliphatic carbocycles. The summed E-state index contributed by atoms with van der Waals surface area (Å²) in [5.41, 5.74) is 5.21. The zero-order valence-electron chi connectivity index (χ0n) is 16.2. The first-order valence-corrected chi connectivity index (χ1v) is 9.48. The number of ether oxygens (including phenoxy) is 1. The first-order chi connectivity index (χ1) is 13.6. The minimum Gasteiger partial charge on any atom is -0.378 e. The zero-order valence-corrected chi connectivity index (χ0v) is 16.2. The molecule has 144 valence electrons. The molecule has 6 nitrogen and oxygen atoms in total. The highest BCUT2D eigenvalue weighted by molar-refractivity contribution is 6.04. The molecule has 1 aromatic heterocycles. The number of rotatable bonds is 4. The fourth-order valence-corrected chi connectivity index (χ4v) is 3.45. The summed E-state index contributed by atoms with van der Waals surface area (Å²) in [4.78, 5) is 15.1. The summed E-state index contributed by atoms with van der Waals surface area (Å²) >= 11 is 0. The van der Waals surface area contributed by atoms with Crippen LogP contribution in [-0.4, -0.2) is 42.0 Å². The molecule has 1 aliphatic heterocycles. The number of anilines is 2. The molecule has 4 rings (SSSR count). The van der Waals surface area contributed by atoms with Crippen molar-refractivity contribution in [3.63, 3.8) is 0 Å². The largest absolute Gasteiger partial charge is 0.378 e. The van der Waals surface area contributed by atoms with Crippen LogP contribution in [0.5, 0.6) is 0 Å².